The molecule has 0 aliphatic heterocycles. The SMILES string of the molecule is C1CCCC1.C1CCCCC1.[Mn]. The molecule has 73 valence electrons. The summed E-state index contributed by atoms with van der Waals surface area (Å²) in [6.07, 6.45) is 16.5. The maximum atomic E-state index is 1.50. The van der Waals surface area contributed by atoms with Gasteiger partial charge in [0.1, 0.15) is 0 Å². The van der Waals surface area contributed by atoms with Gasteiger partial charge in [-0.05, 0) is 0 Å². The third-order valence-corrected chi connectivity index (χ3v) is 2.75. The molecule has 2 saturated carbocycles. The third kappa shape index (κ3) is 7.18. The molecule has 0 atom stereocenters. The van der Waals surface area contributed by atoms with Gasteiger partial charge in [-0.25, -0.2) is 0 Å². The minimum Gasteiger partial charge on any atom is -0.0533 e. The van der Waals surface area contributed by atoms with Crippen molar-refractivity contribution >= 4 is 0 Å². The Labute approximate surface area is 88.0 Å². The van der Waals surface area contributed by atoms with Crippen molar-refractivity contribution < 1.29 is 17.1 Å². The molecule has 1 heteroatoms. The van der Waals surface area contributed by atoms with Gasteiger partial charge >= 0.3 is 0 Å². The molecule has 1 radical (unpaired) electrons. The van der Waals surface area contributed by atoms with E-state index in [2.05, 4.69) is 0 Å². The van der Waals surface area contributed by atoms with Gasteiger partial charge in [0.05, 0.1) is 0 Å². The van der Waals surface area contributed by atoms with E-state index in [0.29, 0.717) is 0 Å². The van der Waals surface area contributed by atoms with Crippen LogP contribution in [0.15, 0.2) is 0 Å². The summed E-state index contributed by atoms with van der Waals surface area (Å²) >= 11 is 0. The van der Waals surface area contributed by atoms with Crippen LogP contribution in [0.5, 0.6) is 0 Å². The van der Waals surface area contributed by atoms with Crippen LogP contribution in [-0.4, -0.2) is 0 Å². The summed E-state index contributed by atoms with van der Waals surface area (Å²) in [6.45, 7) is 0. The molecular weight excluding hydrogens is 187 g/mol. The Morgan fingerprint density at radius 3 is 0.417 bits per heavy atom. The Bertz CT molecular complexity index is 54.0. The molecule has 0 amide bonds. The third-order valence-electron chi connectivity index (χ3n) is 2.75. The van der Waals surface area contributed by atoms with Gasteiger partial charge in [0.25, 0.3) is 0 Å². The molecule has 0 aromatic carbocycles. The van der Waals surface area contributed by atoms with Crippen molar-refractivity contribution in [3.63, 3.8) is 0 Å². The summed E-state index contributed by atoms with van der Waals surface area (Å²) in [5, 5.41) is 0. The largest absolute Gasteiger partial charge is 0.0533 e. The predicted octanol–water partition coefficient (Wildman–Crippen LogP) is 4.29. The monoisotopic (exact) mass is 209 g/mol. The van der Waals surface area contributed by atoms with Gasteiger partial charge < -0.3 is 0 Å². The summed E-state index contributed by atoms with van der Waals surface area (Å²) in [5.41, 5.74) is 0. The minimum atomic E-state index is 0. The average molecular weight is 209 g/mol. The molecule has 2 rings (SSSR count). The van der Waals surface area contributed by atoms with Crippen LogP contribution in [0.4, 0.5) is 0 Å². The molecule has 2 aliphatic rings. The molecule has 0 spiro atoms. The zero-order valence-corrected chi connectivity index (χ0v) is 9.34. The quantitative estimate of drug-likeness (QED) is 0.522. The molecule has 0 bridgehead atoms. The van der Waals surface area contributed by atoms with Gasteiger partial charge in [0.2, 0.25) is 0 Å². The molecule has 0 aromatic heterocycles. The molecule has 0 unspecified atom stereocenters. The molecule has 0 saturated heterocycles. The van der Waals surface area contributed by atoms with Crippen LogP contribution in [-0.2, 0) is 17.1 Å². The van der Waals surface area contributed by atoms with E-state index in [4.69, 9.17) is 0 Å². The first-order valence-electron chi connectivity index (χ1n) is 5.50. The Hall–Kier alpha value is 0.519. The van der Waals surface area contributed by atoms with Crippen molar-refractivity contribution in [3.05, 3.63) is 0 Å². The van der Waals surface area contributed by atoms with E-state index in [1.165, 1.54) is 70.6 Å². The first-order valence-corrected chi connectivity index (χ1v) is 5.50. The van der Waals surface area contributed by atoms with Crippen LogP contribution in [0.2, 0.25) is 0 Å². The Balaban J connectivity index is 0.000000189. The Morgan fingerprint density at radius 1 is 0.250 bits per heavy atom. The predicted molar refractivity (Wildman–Crippen MR) is 50.8 cm³/mol. The number of rotatable bonds is 0. The molecule has 0 aromatic rings. The van der Waals surface area contributed by atoms with E-state index < -0.39 is 0 Å². The smallest absolute Gasteiger partial charge is 0 e. The van der Waals surface area contributed by atoms with Crippen molar-refractivity contribution in [1.82, 2.24) is 0 Å². The summed E-state index contributed by atoms with van der Waals surface area (Å²) < 4.78 is 0. The fourth-order valence-electron chi connectivity index (χ4n) is 1.94. The first-order chi connectivity index (χ1) is 5.50. The molecule has 12 heavy (non-hydrogen) atoms. The van der Waals surface area contributed by atoms with Gasteiger partial charge in [0.15, 0.2) is 0 Å². The second-order valence-electron chi connectivity index (χ2n) is 3.89. The fraction of sp³-hybridized carbons (Fsp3) is 1.00. The minimum absolute atomic E-state index is 0. The second-order valence-corrected chi connectivity index (χ2v) is 3.89. The van der Waals surface area contributed by atoms with Crippen LogP contribution < -0.4 is 0 Å². The van der Waals surface area contributed by atoms with E-state index in [0.717, 1.165) is 0 Å². The van der Waals surface area contributed by atoms with E-state index in [1.54, 1.807) is 0 Å². The fourth-order valence-corrected chi connectivity index (χ4v) is 1.94. The van der Waals surface area contributed by atoms with E-state index in [9.17, 15) is 0 Å². The zero-order chi connectivity index (χ0) is 7.78. The van der Waals surface area contributed by atoms with Crippen molar-refractivity contribution in [3.8, 4) is 0 Å². The molecule has 0 nitrogen and oxygen atoms in total. The standard InChI is InChI=1S/C6H12.C5H10.Mn/c1-2-4-6-5-3-1;1-2-4-5-3-1;/h1-6H2;1-5H2;. The normalized spacial score (nSPS) is 22.0. The van der Waals surface area contributed by atoms with Crippen LogP contribution in [0.1, 0.15) is 70.6 Å². The van der Waals surface area contributed by atoms with Crippen molar-refractivity contribution in [2.45, 2.75) is 70.6 Å². The van der Waals surface area contributed by atoms with Crippen LogP contribution in [0.25, 0.3) is 0 Å². The van der Waals surface area contributed by atoms with Crippen molar-refractivity contribution in [2.75, 3.05) is 0 Å². The van der Waals surface area contributed by atoms with Crippen molar-refractivity contribution in [1.29, 1.82) is 0 Å². The van der Waals surface area contributed by atoms with Gasteiger partial charge in [-0.2, -0.15) is 0 Å². The van der Waals surface area contributed by atoms with Gasteiger partial charge in [-0.1, -0.05) is 70.6 Å². The number of hydrogen-bond donors (Lipinski definition) is 0. The topological polar surface area (TPSA) is 0 Å². The maximum absolute atomic E-state index is 1.50. The summed E-state index contributed by atoms with van der Waals surface area (Å²) in [7, 11) is 0. The van der Waals surface area contributed by atoms with E-state index in [-0.39, 0.29) is 17.1 Å². The molecule has 0 heterocycles. The summed E-state index contributed by atoms with van der Waals surface area (Å²) in [5.74, 6) is 0. The van der Waals surface area contributed by atoms with E-state index >= 15 is 0 Å². The zero-order valence-electron chi connectivity index (χ0n) is 8.16. The Morgan fingerprint density at radius 2 is 0.333 bits per heavy atom. The van der Waals surface area contributed by atoms with Gasteiger partial charge in [-0.3, -0.25) is 0 Å². The van der Waals surface area contributed by atoms with E-state index in [1.807, 2.05) is 0 Å². The first kappa shape index (κ1) is 12.5. The Kier molecular flexibility index (Phi) is 10.0. The van der Waals surface area contributed by atoms with Crippen LogP contribution in [0.3, 0.4) is 0 Å². The van der Waals surface area contributed by atoms with Crippen molar-refractivity contribution in [2.24, 2.45) is 0 Å². The molecule has 2 aliphatic carbocycles. The van der Waals surface area contributed by atoms with Crippen LogP contribution >= 0.6 is 0 Å². The average Bonchev–Trinajstić information content (AvgIpc) is 2.64. The van der Waals surface area contributed by atoms with Gasteiger partial charge in [0, 0.05) is 17.1 Å². The second kappa shape index (κ2) is 9.61. The molecular formula is C11H22Mn. The molecule has 0 N–H and O–H groups in total. The summed E-state index contributed by atoms with van der Waals surface area (Å²) in [6, 6.07) is 0. The maximum Gasteiger partial charge on any atom is 0 e. The van der Waals surface area contributed by atoms with Crippen LogP contribution in [0, 0.1) is 0 Å². The number of hydrogen-bond acceptors (Lipinski definition) is 0. The summed E-state index contributed by atoms with van der Waals surface area (Å²) in [4.78, 5) is 0. The van der Waals surface area contributed by atoms with Gasteiger partial charge in [-0.15, -0.1) is 0 Å². The molecule has 2 fully saturated rings.